The van der Waals surface area contributed by atoms with Crippen LogP contribution in [0, 0.1) is 5.41 Å². The van der Waals surface area contributed by atoms with Gasteiger partial charge in [0.25, 0.3) is 5.91 Å². The number of rotatable bonds is 8. The molecule has 0 aliphatic carbocycles. The maximum absolute atomic E-state index is 13.5. The van der Waals surface area contributed by atoms with Crippen LogP contribution < -0.4 is 21.1 Å². The molecule has 1 atom stereocenters. The van der Waals surface area contributed by atoms with Crippen molar-refractivity contribution in [3.63, 3.8) is 0 Å². The van der Waals surface area contributed by atoms with Crippen molar-refractivity contribution in [2.45, 2.75) is 12.5 Å². The lowest BCUT2D eigenvalue weighted by atomic mass is 9.98. The summed E-state index contributed by atoms with van der Waals surface area (Å²) in [5.74, 6) is -0.695. The molecule has 0 spiro atoms. The van der Waals surface area contributed by atoms with Crippen LogP contribution in [0.2, 0.25) is 0 Å². The number of nitrogens with one attached hydrogen (secondary N) is 3. The topological polar surface area (TPSA) is 82.1 Å². The highest BCUT2D eigenvalue weighted by Gasteiger charge is 2.23. The smallest absolute Gasteiger partial charge is 0.252 e. The van der Waals surface area contributed by atoms with E-state index in [-0.39, 0.29) is 14.7 Å². The lowest BCUT2D eigenvalue weighted by Crippen LogP contribution is -2.46. The van der Waals surface area contributed by atoms with Gasteiger partial charge < -0.3 is 16.0 Å². The minimum atomic E-state index is -0.828. The SMILES string of the molecule is C=C/C=c1/c(NC(=O)[C@H](Cc2ccccc2)NC(=O)c2ccc(C=N)c3ccccc23)cccc1=C.[HH].[HH]. The first-order valence-corrected chi connectivity index (χ1v) is 11.6. The van der Waals surface area contributed by atoms with E-state index in [1.165, 1.54) is 6.21 Å². The van der Waals surface area contributed by atoms with Crippen molar-refractivity contribution in [1.29, 1.82) is 5.41 Å². The van der Waals surface area contributed by atoms with E-state index < -0.39 is 6.04 Å². The summed E-state index contributed by atoms with van der Waals surface area (Å²) < 4.78 is 0. The first kappa shape index (κ1) is 24.4. The molecule has 0 saturated heterocycles. The summed E-state index contributed by atoms with van der Waals surface area (Å²) in [5.41, 5.74) is 2.69. The van der Waals surface area contributed by atoms with Crippen molar-refractivity contribution in [2.75, 3.05) is 5.32 Å². The zero-order valence-corrected chi connectivity index (χ0v) is 19.8. The third kappa shape index (κ3) is 5.31. The molecule has 5 heteroatoms. The molecule has 0 heterocycles. The Hall–Kier alpha value is -4.77. The maximum Gasteiger partial charge on any atom is 0.252 e. The fourth-order valence-electron chi connectivity index (χ4n) is 4.20. The third-order valence-electron chi connectivity index (χ3n) is 6.00. The van der Waals surface area contributed by atoms with Crippen LogP contribution >= 0.6 is 0 Å². The van der Waals surface area contributed by atoms with Crippen LogP contribution in [-0.4, -0.2) is 24.1 Å². The van der Waals surface area contributed by atoms with Crippen molar-refractivity contribution in [2.24, 2.45) is 0 Å². The summed E-state index contributed by atoms with van der Waals surface area (Å²) in [4.78, 5) is 27.0. The van der Waals surface area contributed by atoms with Crippen LogP contribution in [0.1, 0.15) is 24.3 Å². The van der Waals surface area contributed by atoms with Crippen LogP contribution in [0.5, 0.6) is 0 Å². The Morgan fingerprint density at radius 1 is 0.917 bits per heavy atom. The third-order valence-corrected chi connectivity index (χ3v) is 6.00. The highest BCUT2D eigenvalue weighted by molar-refractivity contribution is 6.12. The monoisotopic (exact) mass is 477 g/mol. The molecule has 0 aliphatic heterocycles. The molecule has 2 amide bonds. The fraction of sp³-hybridized carbons (Fsp3) is 0.0645. The van der Waals surface area contributed by atoms with Gasteiger partial charge in [-0.25, -0.2) is 0 Å². The van der Waals surface area contributed by atoms with Crippen molar-refractivity contribution in [3.8, 4) is 0 Å². The number of benzene rings is 4. The van der Waals surface area contributed by atoms with Gasteiger partial charge in [0.05, 0.1) is 0 Å². The van der Waals surface area contributed by atoms with E-state index >= 15 is 0 Å². The molecule has 4 aromatic carbocycles. The second-order valence-electron chi connectivity index (χ2n) is 8.38. The number of anilines is 1. The first-order chi connectivity index (χ1) is 17.5. The summed E-state index contributed by atoms with van der Waals surface area (Å²) in [7, 11) is 0. The van der Waals surface area contributed by atoms with Crippen LogP contribution in [0.3, 0.4) is 0 Å². The second kappa shape index (κ2) is 11.1. The van der Waals surface area contributed by atoms with Gasteiger partial charge in [-0.05, 0) is 39.3 Å². The van der Waals surface area contributed by atoms with E-state index in [4.69, 9.17) is 5.41 Å². The van der Waals surface area contributed by atoms with Gasteiger partial charge in [0.15, 0.2) is 0 Å². The van der Waals surface area contributed by atoms with Gasteiger partial charge in [-0.2, -0.15) is 0 Å². The Morgan fingerprint density at radius 2 is 1.64 bits per heavy atom. The number of hydrogen-bond acceptors (Lipinski definition) is 3. The molecule has 0 saturated carbocycles. The normalized spacial score (nSPS) is 12.1. The predicted octanol–water partition coefficient (Wildman–Crippen LogP) is 4.69. The van der Waals surface area contributed by atoms with Gasteiger partial charge in [0.2, 0.25) is 5.91 Å². The van der Waals surface area contributed by atoms with Crippen LogP contribution in [-0.2, 0) is 11.2 Å². The van der Waals surface area contributed by atoms with Crippen molar-refractivity contribution < 1.29 is 12.4 Å². The molecule has 3 N–H and O–H groups in total. The van der Waals surface area contributed by atoms with Crippen molar-refractivity contribution in [1.82, 2.24) is 5.32 Å². The van der Waals surface area contributed by atoms with Crippen molar-refractivity contribution >= 4 is 47.1 Å². The summed E-state index contributed by atoms with van der Waals surface area (Å²) >= 11 is 0. The number of allylic oxidation sites excluding steroid dienone is 1. The molecule has 0 radical (unpaired) electrons. The molecule has 4 rings (SSSR count). The lowest BCUT2D eigenvalue weighted by Gasteiger charge is -2.20. The first-order valence-electron chi connectivity index (χ1n) is 11.6. The van der Waals surface area contributed by atoms with Gasteiger partial charge in [0.1, 0.15) is 6.04 Å². The number of amides is 2. The molecular formula is C31H31N3O2. The minimum Gasteiger partial charge on any atom is -0.340 e. The molecule has 0 unspecified atom stereocenters. The lowest BCUT2D eigenvalue weighted by molar-refractivity contribution is -0.118. The van der Waals surface area contributed by atoms with E-state index in [1.807, 2.05) is 66.7 Å². The van der Waals surface area contributed by atoms with Crippen LogP contribution in [0.25, 0.3) is 23.4 Å². The van der Waals surface area contributed by atoms with Gasteiger partial charge in [-0.1, -0.05) is 98.1 Å². The Kier molecular flexibility index (Phi) is 7.51. The Labute approximate surface area is 213 Å². The maximum atomic E-state index is 13.5. The summed E-state index contributed by atoms with van der Waals surface area (Å²) in [6, 6.07) is 25.1. The molecule has 0 bridgehead atoms. The number of fused-ring (bicyclic) bond motifs is 1. The van der Waals surface area contributed by atoms with Crippen molar-refractivity contribution in [3.05, 3.63) is 125 Å². The molecule has 0 fully saturated rings. The highest BCUT2D eigenvalue weighted by Crippen LogP contribution is 2.22. The Bertz CT molecular complexity index is 1570. The molecule has 0 aliphatic rings. The predicted molar refractivity (Wildman–Crippen MR) is 152 cm³/mol. The van der Waals surface area contributed by atoms with E-state index in [2.05, 4.69) is 23.8 Å². The molecule has 0 aromatic heterocycles. The van der Waals surface area contributed by atoms with Gasteiger partial charge in [-0.3, -0.25) is 9.59 Å². The zero-order valence-electron chi connectivity index (χ0n) is 19.8. The van der Waals surface area contributed by atoms with E-state index in [0.29, 0.717) is 17.7 Å². The van der Waals surface area contributed by atoms with Crippen LogP contribution in [0.4, 0.5) is 5.69 Å². The molecule has 36 heavy (non-hydrogen) atoms. The quantitative estimate of drug-likeness (QED) is 0.322. The standard InChI is InChI=1S/C31H27N3O2.2H2/c1-3-10-24-21(2)11-9-16-28(24)33-31(36)29(19-22-12-5-4-6-13-22)34-30(35)27-18-17-23(20-32)25-14-7-8-15-26(25)27;;/h3-18,20,29,32H,1-2,19H2,(H,33,36)(H,34,35);2*1H/b24-10+,32-20?;;/t29-;;/m0../s1. The molecule has 5 nitrogen and oxygen atoms in total. The van der Waals surface area contributed by atoms with Gasteiger partial charge in [-0.15, -0.1) is 0 Å². The average Bonchev–Trinajstić information content (AvgIpc) is 2.90. The largest absolute Gasteiger partial charge is 0.340 e. The number of hydrogen-bond donors (Lipinski definition) is 3. The zero-order chi connectivity index (χ0) is 25.5. The summed E-state index contributed by atoms with van der Waals surface area (Å²) in [5, 5.41) is 16.6. The van der Waals surface area contributed by atoms with Gasteiger partial charge >= 0.3 is 0 Å². The molecular weight excluding hydrogens is 446 g/mol. The van der Waals surface area contributed by atoms with Gasteiger partial charge in [0, 0.05) is 32.0 Å². The number of carbonyl (C=O) groups is 2. The fourth-order valence-corrected chi connectivity index (χ4v) is 4.20. The highest BCUT2D eigenvalue weighted by atomic mass is 16.2. The summed E-state index contributed by atoms with van der Waals surface area (Å²) in [6.07, 6.45) is 5.02. The summed E-state index contributed by atoms with van der Waals surface area (Å²) in [6.45, 7) is 7.79. The molecule has 4 aromatic rings. The molecule has 182 valence electrons. The minimum absolute atomic E-state index is 0. The van der Waals surface area contributed by atoms with E-state index in [9.17, 15) is 9.59 Å². The Morgan fingerprint density at radius 3 is 2.36 bits per heavy atom. The second-order valence-corrected chi connectivity index (χ2v) is 8.38. The van der Waals surface area contributed by atoms with E-state index in [1.54, 1.807) is 30.4 Å². The van der Waals surface area contributed by atoms with E-state index in [0.717, 1.165) is 32.3 Å². The average molecular weight is 478 g/mol. The number of carbonyl (C=O) groups excluding carboxylic acids is 2. The Balaban J connectivity index is 0.00000253. The van der Waals surface area contributed by atoms with Crippen LogP contribution in [0.15, 0.2) is 97.6 Å².